The molecule has 0 atom stereocenters. The van der Waals surface area contributed by atoms with Crippen LogP contribution in [0, 0.1) is 0 Å². The maximum atomic E-state index is 15.4. The van der Waals surface area contributed by atoms with Crippen LogP contribution in [0.15, 0.2) is 127 Å². The van der Waals surface area contributed by atoms with E-state index < -0.39 is 7.14 Å². The molecule has 0 spiro atoms. The average molecular weight is 468 g/mol. The van der Waals surface area contributed by atoms with Crippen molar-refractivity contribution in [3.05, 3.63) is 127 Å². The molecule has 0 radical (unpaired) electrons. The Labute approximate surface area is 202 Å². The first-order valence-corrected chi connectivity index (χ1v) is 13.4. The van der Waals surface area contributed by atoms with Crippen molar-refractivity contribution >= 4 is 61.4 Å². The molecule has 0 saturated carbocycles. The maximum Gasteiger partial charge on any atom is 0.171 e. The lowest BCUT2D eigenvalue weighted by Gasteiger charge is -2.23. The molecule has 5 aromatic carbocycles. The fourth-order valence-electron chi connectivity index (χ4n) is 5.31. The molecule has 2 heterocycles. The summed E-state index contributed by atoms with van der Waals surface area (Å²) in [4.78, 5) is 5.04. The minimum atomic E-state index is -3.18. The number of pyridine rings is 1. The molecule has 2 aromatic heterocycles. The number of aromatic nitrogens is 2. The van der Waals surface area contributed by atoms with Crippen molar-refractivity contribution in [2.24, 2.45) is 0 Å². The molecule has 0 fully saturated rings. The van der Waals surface area contributed by atoms with Gasteiger partial charge in [0.1, 0.15) is 5.65 Å². The Kier molecular flexibility index (Phi) is 4.42. The normalized spacial score (nSPS) is 12.1. The van der Waals surface area contributed by atoms with E-state index in [1.54, 1.807) is 0 Å². The van der Waals surface area contributed by atoms with Gasteiger partial charge in [-0.05, 0) is 18.2 Å². The van der Waals surface area contributed by atoms with Crippen LogP contribution >= 0.6 is 7.14 Å². The van der Waals surface area contributed by atoms with Gasteiger partial charge in [-0.1, -0.05) is 109 Å². The number of imidazole rings is 1. The summed E-state index contributed by atoms with van der Waals surface area (Å²) in [7, 11) is -3.18. The summed E-state index contributed by atoms with van der Waals surface area (Å²) in [6.07, 6.45) is 0. The van der Waals surface area contributed by atoms with Crippen molar-refractivity contribution in [2.45, 2.75) is 0 Å². The summed E-state index contributed by atoms with van der Waals surface area (Å²) < 4.78 is 17.6. The van der Waals surface area contributed by atoms with Gasteiger partial charge in [0.25, 0.3) is 0 Å². The summed E-state index contributed by atoms with van der Waals surface area (Å²) in [5.74, 6) is 0. The van der Waals surface area contributed by atoms with Crippen LogP contribution < -0.4 is 15.9 Å². The molecule has 35 heavy (non-hydrogen) atoms. The highest BCUT2D eigenvalue weighted by Crippen LogP contribution is 2.46. The van der Waals surface area contributed by atoms with Gasteiger partial charge >= 0.3 is 0 Å². The zero-order chi connectivity index (χ0) is 23.4. The fraction of sp³-hybridized carbons (Fsp3) is 0. The Morgan fingerprint density at radius 3 is 1.83 bits per heavy atom. The monoisotopic (exact) mass is 468 g/mol. The number of benzene rings is 5. The summed E-state index contributed by atoms with van der Waals surface area (Å²) in [5, 5.41) is 5.58. The predicted molar refractivity (Wildman–Crippen MR) is 147 cm³/mol. The van der Waals surface area contributed by atoms with E-state index in [-0.39, 0.29) is 0 Å². The molecule has 7 rings (SSSR count). The number of para-hydroxylation sites is 3. The van der Waals surface area contributed by atoms with Crippen molar-refractivity contribution in [2.75, 3.05) is 0 Å². The van der Waals surface area contributed by atoms with Crippen LogP contribution in [0.3, 0.4) is 0 Å². The van der Waals surface area contributed by atoms with Gasteiger partial charge in [0.2, 0.25) is 0 Å². The number of nitrogens with zero attached hydrogens (tertiary/aromatic N) is 2. The van der Waals surface area contributed by atoms with E-state index in [2.05, 4.69) is 40.8 Å². The first kappa shape index (κ1) is 20.2. The van der Waals surface area contributed by atoms with E-state index in [1.165, 1.54) is 0 Å². The number of hydrogen-bond donors (Lipinski definition) is 0. The van der Waals surface area contributed by atoms with E-state index in [9.17, 15) is 0 Å². The van der Waals surface area contributed by atoms with Crippen LogP contribution in [-0.2, 0) is 4.57 Å². The molecule has 3 nitrogen and oxygen atoms in total. The molecule has 166 valence electrons. The highest BCUT2D eigenvalue weighted by molar-refractivity contribution is 7.85. The predicted octanol–water partition coefficient (Wildman–Crippen LogP) is 6.43. The third kappa shape index (κ3) is 2.86. The second-order valence-corrected chi connectivity index (χ2v) is 11.5. The van der Waals surface area contributed by atoms with Crippen LogP contribution in [0.25, 0.3) is 38.4 Å². The Hall–Kier alpha value is -4.20. The molecule has 0 amide bonds. The molecule has 0 saturated heterocycles. The molecule has 0 aliphatic heterocycles. The van der Waals surface area contributed by atoms with Crippen molar-refractivity contribution in [1.29, 1.82) is 0 Å². The lowest BCUT2D eigenvalue weighted by molar-refractivity contribution is 0.592. The molecule has 7 aromatic rings. The first-order chi connectivity index (χ1) is 17.3. The molecule has 0 aliphatic carbocycles. The van der Waals surface area contributed by atoms with E-state index in [0.29, 0.717) is 0 Å². The number of hydrogen-bond acceptors (Lipinski definition) is 2. The minimum Gasteiger partial charge on any atom is -0.309 e. The van der Waals surface area contributed by atoms with Crippen LogP contribution in [0.1, 0.15) is 0 Å². The highest BCUT2D eigenvalue weighted by atomic mass is 31.2. The Balaban J connectivity index is 1.72. The average Bonchev–Trinajstić information content (AvgIpc) is 3.33. The molecule has 4 heteroatoms. The van der Waals surface area contributed by atoms with E-state index in [4.69, 9.17) is 4.98 Å². The van der Waals surface area contributed by atoms with Crippen LogP contribution in [0.5, 0.6) is 0 Å². The number of rotatable bonds is 3. The molecular formula is C31H21N2OP. The van der Waals surface area contributed by atoms with Crippen molar-refractivity contribution < 1.29 is 4.57 Å². The zero-order valence-corrected chi connectivity index (χ0v) is 19.8. The van der Waals surface area contributed by atoms with Gasteiger partial charge in [0.15, 0.2) is 7.14 Å². The molecule has 0 bridgehead atoms. The second kappa shape index (κ2) is 7.66. The topological polar surface area (TPSA) is 34.4 Å². The van der Waals surface area contributed by atoms with Gasteiger partial charge in [0.05, 0.1) is 16.6 Å². The number of fused-ring (bicyclic) bond motifs is 8. The zero-order valence-electron chi connectivity index (χ0n) is 18.9. The molecule has 0 N–H and O–H groups in total. The lowest BCUT2D eigenvalue weighted by Crippen LogP contribution is -2.25. The van der Waals surface area contributed by atoms with Gasteiger partial charge in [0, 0.05) is 32.1 Å². The summed E-state index contributed by atoms with van der Waals surface area (Å²) in [6.45, 7) is 0. The Bertz CT molecular complexity index is 1880. The van der Waals surface area contributed by atoms with Gasteiger partial charge in [-0.2, -0.15) is 0 Å². The van der Waals surface area contributed by atoms with Crippen LogP contribution in [0.4, 0.5) is 0 Å². The summed E-state index contributed by atoms with van der Waals surface area (Å²) >= 11 is 0. The van der Waals surface area contributed by atoms with Crippen LogP contribution in [0.2, 0.25) is 0 Å². The van der Waals surface area contributed by atoms with Crippen molar-refractivity contribution in [3.63, 3.8) is 0 Å². The maximum absolute atomic E-state index is 15.4. The van der Waals surface area contributed by atoms with Crippen LogP contribution in [-0.4, -0.2) is 9.38 Å². The highest BCUT2D eigenvalue weighted by Gasteiger charge is 2.32. The van der Waals surface area contributed by atoms with E-state index in [1.807, 2.05) is 91.0 Å². The third-order valence-electron chi connectivity index (χ3n) is 6.84. The van der Waals surface area contributed by atoms with E-state index in [0.717, 1.165) is 54.3 Å². The fourth-order valence-corrected chi connectivity index (χ4v) is 8.20. The molecular weight excluding hydrogens is 447 g/mol. The van der Waals surface area contributed by atoms with Gasteiger partial charge < -0.3 is 4.57 Å². The van der Waals surface area contributed by atoms with Crippen molar-refractivity contribution in [1.82, 2.24) is 9.38 Å². The minimum absolute atomic E-state index is 0.830. The SMILES string of the molecule is O=P(c1ccccc1)(c1ccccc1)c1cccc2c1c1ccccc1n1c3ccccc3nc21. The largest absolute Gasteiger partial charge is 0.309 e. The Morgan fingerprint density at radius 1 is 0.543 bits per heavy atom. The molecule has 0 unspecified atom stereocenters. The summed E-state index contributed by atoms with van der Waals surface area (Å²) in [6, 6.07) is 42.5. The molecule has 0 aliphatic rings. The van der Waals surface area contributed by atoms with Gasteiger partial charge in [-0.25, -0.2) is 4.98 Å². The van der Waals surface area contributed by atoms with Crippen molar-refractivity contribution in [3.8, 4) is 0 Å². The van der Waals surface area contributed by atoms with Gasteiger partial charge in [-0.3, -0.25) is 4.40 Å². The summed E-state index contributed by atoms with van der Waals surface area (Å²) in [5.41, 5.74) is 3.96. The third-order valence-corrected chi connectivity index (χ3v) is 9.94. The van der Waals surface area contributed by atoms with Gasteiger partial charge in [-0.15, -0.1) is 0 Å². The standard InChI is InChI=1S/C31H21N2OP/c34-35(22-12-3-1-4-13-22,23-14-5-2-6-15-23)29-21-11-17-25-30(29)24-16-7-9-19-27(24)33-28-20-10-8-18-26(28)32-31(25)33/h1-21H. The lowest BCUT2D eigenvalue weighted by atomic mass is 10.1. The first-order valence-electron chi connectivity index (χ1n) is 11.7. The Morgan fingerprint density at radius 2 is 1.11 bits per heavy atom. The van der Waals surface area contributed by atoms with E-state index >= 15 is 4.57 Å². The second-order valence-electron chi connectivity index (χ2n) is 8.76. The quantitative estimate of drug-likeness (QED) is 0.221. The smallest absolute Gasteiger partial charge is 0.171 e.